The molecule has 0 amide bonds. The highest BCUT2D eigenvalue weighted by molar-refractivity contribution is 7.89. The van der Waals surface area contributed by atoms with Gasteiger partial charge in [-0.1, -0.05) is 13.3 Å². The molecule has 1 aliphatic heterocycles. The van der Waals surface area contributed by atoms with Gasteiger partial charge in [-0.15, -0.1) is 0 Å². The summed E-state index contributed by atoms with van der Waals surface area (Å²) in [5.41, 5.74) is 5.49. The zero-order valence-electron chi connectivity index (χ0n) is 11.2. The van der Waals surface area contributed by atoms with Crippen molar-refractivity contribution in [3.8, 4) is 0 Å². The molecular weight excluding hydrogens is 280 g/mol. The van der Waals surface area contributed by atoms with Crippen molar-refractivity contribution < 1.29 is 18.3 Å². The third-order valence-electron chi connectivity index (χ3n) is 3.68. The number of carboxylic acids is 1. The van der Waals surface area contributed by atoms with Crippen LogP contribution in [0.1, 0.15) is 30.1 Å². The van der Waals surface area contributed by atoms with Crippen LogP contribution >= 0.6 is 0 Å². The molecule has 0 aliphatic carbocycles. The van der Waals surface area contributed by atoms with Crippen LogP contribution < -0.4 is 5.73 Å². The molecule has 0 aromatic heterocycles. The second-order valence-corrected chi connectivity index (χ2v) is 6.89. The number of carboxylic acid groups (broad SMARTS) is 1. The number of carbonyl (C=O) groups is 1. The molecule has 1 aromatic rings. The standard InChI is InChI=1S/C13H18N2O4S/c1-2-9-5-6-15(8-9)20(18,19)12-4-3-10(14)7-11(12)13(16)17/h3-4,7,9H,2,5-6,8,14H2,1H3,(H,16,17). The van der Waals surface area contributed by atoms with Gasteiger partial charge in [-0.05, 0) is 30.5 Å². The first-order valence-corrected chi connectivity index (χ1v) is 7.93. The van der Waals surface area contributed by atoms with E-state index in [1.54, 1.807) is 0 Å². The molecule has 7 heteroatoms. The lowest BCUT2D eigenvalue weighted by Gasteiger charge is -2.18. The van der Waals surface area contributed by atoms with Crippen LogP contribution in [0.15, 0.2) is 23.1 Å². The lowest BCUT2D eigenvalue weighted by molar-refractivity contribution is 0.0692. The normalized spacial score (nSPS) is 20.1. The Balaban J connectivity index is 2.42. The summed E-state index contributed by atoms with van der Waals surface area (Å²) in [4.78, 5) is 11.0. The molecule has 1 saturated heterocycles. The smallest absolute Gasteiger partial charge is 0.337 e. The van der Waals surface area contributed by atoms with Crippen LogP contribution in [0.2, 0.25) is 0 Å². The fourth-order valence-corrected chi connectivity index (χ4v) is 4.12. The fraction of sp³-hybridized carbons (Fsp3) is 0.462. The van der Waals surface area contributed by atoms with E-state index >= 15 is 0 Å². The van der Waals surface area contributed by atoms with Gasteiger partial charge in [-0.25, -0.2) is 13.2 Å². The fourth-order valence-electron chi connectivity index (χ4n) is 2.43. The van der Waals surface area contributed by atoms with Gasteiger partial charge in [0.05, 0.1) is 10.5 Å². The minimum absolute atomic E-state index is 0.184. The number of sulfonamides is 1. The Labute approximate surface area is 118 Å². The average molecular weight is 298 g/mol. The van der Waals surface area contributed by atoms with E-state index in [1.165, 1.54) is 22.5 Å². The van der Waals surface area contributed by atoms with Crippen LogP contribution in [-0.4, -0.2) is 36.9 Å². The van der Waals surface area contributed by atoms with Gasteiger partial charge in [0.15, 0.2) is 0 Å². The third kappa shape index (κ3) is 2.64. The van der Waals surface area contributed by atoms with Gasteiger partial charge in [0.25, 0.3) is 0 Å². The first kappa shape index (κ1) is 14.8. The monoisotopic (exact) mass is 298 g/mol. The average Bonchev–Trinajstić information content (AvgIpc) is 2.87. The van der Waals surface area contributed by atoms with E-state index in [2.05, 4.69) is 0 Å². The lowest BCUT2D eigenvalue weighted by Crippen LogP contribution is -2.30. The highest BCUT2D eigenvalue weighted by Crippen LogP contribution is 2.28. The number of rotatable bonds is 4. The molecule has 1 aliphatic rings. The van der Waals surface area contributed by atoms with Crippen molar-refractivity contribution in [3.63, 3.8) is 0 Å². The highest BCUT2D eigenvalue weighted by Gasteiger charge is 2.34. The van der Waals surface area contributed by atoms with Crippen molar-refractivity contribution in [1.29, 1.82) is 0 Å². The Hall–Kier alpha value is -1.60. The van der Waals surface area contributed by atoms with E-state index in [0.29, 0.717) is 19.0 Å². The van der Waals surface area contributed by atoms with E-state index < -0.39 is 16.0 Å². The molecule has 1 unspecified atom stereocenters. The van der Waals surface area contributed by atoms with E-state index in [0.717, 1.165) is 12.8 Å². The van der Waals surface area contributed by atoms with Crippen molar-refractivity contribution in [3.05, 3.63) is 23.8 Å². The van der Waals surface area contributed by atoms with Crippen LogP contribution in [-0.2, 0) is 10.0 Å². The molecule has 0 saturated carbocycles. The molecule has 110 valence electrons. The van der Waals surface area contributed by atoms with Crippen LogP contribution in [0.3, 0.4) is 0 Å². The maximum atomic E-state index is 12.6. The van der Waals surface area contributed by atoms with Crippen LogP contribution in [0.4, 0.5) is 5.69 Å². The summed E-state index contributed by atoms with van der Waals surface area (Å²) < 4.78 is 26.5. The Kier molecular flexibility index (Phi) is 4.01. The van der Waals surface area contributed by atoms with Crippen molar-refractivity contribution in [2.24, 2.45) is 5.92 Å². The van der Waals surface area contributed by atoms with Crippen LogP contribution in [0, 0.1) is 5.92 Å². The summed E-state index contributed by atoms with van der Waals surface area (Å²) in [6.45, 7) is 2.90. The summed E-state index contributed by atoms with van der Waals surface area (Å²) in [6.07, 6.45) is 1.73. The molecule has 1 heterocycles. The van der Waals surface area contributed by atoms with Crippen molar-refractivity contribution in [2.75, 3.05) is 18.8 Å². The van der Waals surface area contributed by atoms with Gasteiger partial charge in [-0.3, -0.25) is 0 Å². The number of hydrogen-bond donors (Lipinski definition) is 2. The number of nitrogens with zero attached hydrogens (tertiary/aromatic N) is 1. The zero-order valence-corrected chi connectivity index (χ0v) is 12.1. The SMILES string of the molecule is CCC1CCN(S(=O)(=O)c2ccc(N)cc2C(=O)O)C1. The zero-order chi connectivity index (χ0) is 14.9. The van der Waals surface area contributed by atoms with Crippen molar-refractivity contribution in [1.82, 2.24) is 4.31 Å². The van der Waals surface area contributed by atoms with E-state index in [4.69, 9.17) is 10.8 Å². The number of anilines is 1. The minimum atomic E-state index is -3.78. The molecule has 1 atom stereocenters. The second kappa shape index (κ2) is 5.41. The first-order valence-electron chi connectivity index (χ1n) is 6.49. The maximum Gasteiger partial charge on any atom is 0.337 e. The van der Waals surface area contributed by atoms with E-state index in [9.17, 15) is 13.2 Å². The maximum absolute atomic E-state index is 12.6. The van der Waals surface area contributed by atoms with Gasteiger partial charge in [0.2, 0.25) is 10.0 Å². The summed E-state index contributed by atoms with van der Waals surface area (Å²) in [7, 11) is -3.78. The van der Waals surface area contributed by atoms with Gasteiger partial charge in [-0.2, -0.15) is 4.31 Å². The summed E-state index contributed by atoms with van der Waals surface area (Å²) in [5.74, 6) is -0.950. The number of nitrogen functional groups attached to an aromatic ring is 1. The Bertz CT molecular complexity index is 627. The van der Waals surface area contributed by atoms with Crippen LogP contribution in [0.25, 0.3) is 0 Å². The van der Waals surface area contributed by atoms with Gasteiger partial charge >= 0.3 is 5.97 Å². The molecule has 0 spiro atoms. The molecular formula is C13H18N2O4S. The largest absolute Gasteiger partial charge is 0.478 e. The predicted molar refractivity (Wildman–Crippen MR) is 75.0 cm³/mol. The highest BCUT2D eigenvalue weighted by atomic mass is 32.2. The third-order valence-corrected chi connectivity index (χ3v) is 5.60. The van der Waals surface area contributed by atoms with Crippen molar-refractivity contribution >= 4 is 21.7 Å². The van der Waals surface area contributed by atoms with Gasteiger partial charge in [0, 0.05) is 18.8 Å². The van der Waals surface area contributed by atoms with Gasteiger partial charge < -0.3 is 10.8 Å². The van der Waals surface area contributed by atoms with Crippen LogP contribution in [0.5, 0.6) is 0 Å². The minimum Gasteiger partial charge on any atom is -0.478 e. The Morgan fingerprint density at radius 1 is 1.50 bits per heavy atom. The topological polar surface area (TPSA) is 101 Å². The number of hydrogen-bond acceptors (Lipinski definition) is 4. The molecule has 2 rings (SSSR count). The number of benzene rings is 1. The molecule has 0 bridgehead atoms. The molecule has 0 radical (unpaired) electrons. The lowest BCUT2D eigenvalue weighted by atomic mass is 10.1. The predicted octanol–water partition coefficient (Wildman–Crippen LogP) is 1.39. The molecule has 6 nitrogen and oxygen atoms in total. The Morgan fingerprint density at radius 2 is 2.20 bits per heavy atom. The molecule has 20 heavy (non-hydrogen) atoms. The Morgan fingerprint density at radius 3 is 2.75 bits per heavy atom. The van der Waals surface area contributed by atoms with E-state index in [1.807, 2.05) is 6.92 Å². The molecule has 1 fully saturated rings. The quantitative estimate of drug-likeness (QED) is 0.818. The molecule has 1 aromatic carbocycles. The van der Waals surface area contributed by atoms with E-state index in [-0.39, 0.29) is 16.1 Å². The summed E-state index contributed by atoms with van der Waals surface area (Å²) in [5, 5.41) is 9.16. The first-order chi connectivity index (χ1) is 9.36. The van der Waals surface area contributed by atoms with Crippen molar-refractivity contribution in [2.45, 2.75) is 24.7 Å². The number of nitrogens with two attached hydrogens (primary N) is 1. The summed E-state index contributed by atoms with van der Waals surface area (Å²) >= 11 is 0. The number of aromatic carboxylic acids is 1. The summed E-state index contributed by atoms with van der Waals surface area (Å²) in [6, 6.07) is 3.86. The second-order valence-electron chi connectivity index (χ2n) is 4.99. The van der Waals surface area contributed by atoms with Gasteiger partial charge in [0.1, 0.15) is 0 Å². The molecule has 3 N–H and O–H groups in total.